The summed E-state index contributed by atoms with van der Waals surface area (Å²) < 4.78 is 0. The lowest BCUT2D eigenvalue weighted by molar-refractivity contribution is -0.138. The van der Waals surface area contributed by atoms with E-state index >= 15 is 0 Å². The van der Waals surface area contributed by atoms with Crippen molar-refractivity contribution in [2.45, 2.75) is 51.4 Å². The van der Waals surface area contributed by atoms with Crippen LogP contribution in [0, 0.1) is 0 Å². The summed E-state index contributed by atoms with van der Waals surface area (Å²) in [7, 11) is 0. The van der Waals surface area contributed by atoms with Gasteiger partial charge >= 0.3 is 11.9 Å². The van der Waals surface area contributed by atoms with Gasteiger partial charge in [-0.2, -0.15) is 0 Å². The number of unbranched alkanes of at least 4 members (excludes halogenated alkanes) is 4. The van der Waals surface area contributed by atoms with Crippen molar-refractivity contribution >= 4 is 11.9 Å². The third-order valence-electron chi connectivity index (χ3n) is 2.19. The van der Waals surface area contributed by atoms with E-state index in [1.165, 1.54) is 0 Å². The second-order valence-electron chi connectivity index (χ2n) is 3.75. The second kappa shape index (κ2) is 10.2. The number of hydrogen-bond donors (Lipinski definition) is 2. The number of hydrogen-bond acceptors (Lipinski definition) is 2. The van der Waals surface area contributed by atoms with Crippen LogP contribution in [0.2, 0.25) is 0 Å². The molecule has 16 heavy (non-hydrogen) atoms. The normalized spacial score (nSPS) is 10.8. The van der Waals surface area contributed by atoms with Crippen LogP contribution < -0.4 is 0 Å². The molecule has 0 spiro atoms. The molecule has 0 heterocycles. The van der Waals surface area contributed by atoms with E-state index in [1.54, 1.807) is 0 Å². The quantitative estimate of drug-likeness (QED) is 0.445. The van der Waals surface area contributed by atoms with E-state index in [4.69, 9.17) is 10.2 Å². The van der Waals surface area contributed by atoms with Crippen molar-refractivity contribution in [3.05, 3.63) is 12.2 Å². The molecule has 0 unspecified atom stereocenters. The summed E-state index contributed by atoms with van der Waals surface area (Å²) in [5, 5.41) is 16.8. The third kappa shape index (κ3) is 12.7. The Kier molecular flexibility index (Phi) is 9.36. The summed E-state index contributed by atoms with van der Waals surface area (Å²) in [4.78, 5) is 20.4. The van der Waals surface area contributed by atoms with Crippen molar-refractivity contribution in [3.8, 4) is 0 Å². The molecule has 0 aliphatic rings. The molecule has 0 aliphatic heterocycles. The fourth-order valence-electron chi connectivity index (χ4n) is 1.32. The first-order valence-corrected chi connectivity index (χ1v) is 5.71. The first kappa shape index (κ1) is 14.7. The molecule has 0 bridgehead atoms. The van der Waals surface area contributed by atoms with Crippen molar-refractivity contribution in [1.29, 1.82) is 0 Å². The molecule has 0 saturated heterocycles. The Labute approximate surface area is 96.0 Å². The molecule has 0 aromatic rings. The highest BCUT2D eigenvalue weighted by molar-refractivity contribution is 5.66. The van der Waals surface area contributed by atoms with Crippen molar-refractivity contribution in [2.75, 3.05) is 0 Å². The number of aliphatic carboxylic acids is 2. The summed E-state index contributed by atoms with van der Waals surface area (Å²) in [5.74, 6) is -1.48. The molecule has 0 rings (SSSR count). The summed E-state index contributed by atoms with van der Waals surface area (Å²) >= 11 is 0. The van der Waals surface area contributed by atoms with Crippen molar-refractivity contribution in [3.63, 3.8) is 0 Å². The molecule has 0 aromatic heterocycles. The molecule has 2 N–H and O–H groups in total. The first-order chi connectivity index (χ1) is 7.63. The van der Waals surface area contributed by atoms with Crippen LogP contribution in [0.15, 0.2) is 12.2 Å². The third-order valence-corrected chi connectivity index (χ3v) is 2.19. The predicted molar refractivity (Wildman–Crippen MR) is 61.3 cm³/mol. The lowest BCUT2D eigenvalue weighted by Gasteiger charge is -1.95. The highest BCUT2D eigenvalue weighted by atomic mass is 16.4. The van der Waals surface area contributed by atoms with Gasteiger partial charge in [0.05, 0.1) is 0 Å². The maximum Gasteiger partial charge on any atom is 0.303 e. The predicted octanol–water partition coefficient (Wildman–Crippen LogP) is 2.83. The minimum atomic E-state index is -0.748. The molecule has 4 heteroatoms. The molecule has 0 aromatic carbocycles. The minimum absolute atomic E-state index is 0.225. The van der Waals surface area contributed by atoms with E-state index in [-0.39, 0.29) is 12.8 Å². The van der Waals surface area contributed by atoms with Crippen LogP contribution in [0.3, 0.4) is 0 Å². The summed E-state index contributed by atoms with van der Waals surface area (Å²) in [6, 6.07) is 0. The van der Waals surface area contributed by atoms with Crippen LogP contribution >= 0.6 is 0 Å². The van der Waals surface area contributed by atoms with Gasteiger partial charge in [-0.05, 0) is 32.1 Å². The molecule has 0 atom stereocenters. The summed E-state index contributed by atoms with van der Waals surface area (Å²) in [6.45, 7) is 0. The van der Waals surface area contributed by atoms with Crippen molar-refractivity contribution in [1.82, 2.24) is 0 Å². The number of carbonyl (C=O) groups is 2. The van der Waals surface area contributed by atoms with Gasteiger partial charge in [0.15, 0.2) is 0 Å². The molecule has 0 aliphatic carbocycles. The van der Waals surface area contributed by atoms with Gasteiger partial charge in [0.1, 0.15) is 0 Å². The van der Waals surface area contributed by atoms with Gasteiger partial charge in [0.2, 0.25) is 0 Å². The van der Waals surface area contributed by atoms with Gasteiger partial charge in [-0.15, -0.1) is 0 Å². The highest BCUT2D eigenvalue weighted by Gasteiger charge is 1.95. The lowest BCUT2D eigenvalue weighted by atomic mass is 10.1. The highest BCUT2D eigenvalue weighted by Crippen LogP contribution is 2.04. The van der Waals surface area contributed by atoms with E-state index in [9.17, 15) is 9.59 Å². The van der Waals surface area contributed by atoms with Crippen molar-refractivity contribution in [2.24, 2.45) is 0 Å². The molecular weight excluding hydrogens is 208 g/mol. The van der Waals surface area contributed by atoms with E-state index < -0.39 is 11.9 Å². The molecule has 92 valence electrons. The van der Waals surface area contributed by atoms with Gasteiger partial charge in [-0.25, -0.2) is 0 Å². The van der Waals surface area contributed by atoms with Gasteiger partial charge in [-0.1, -0.05) is 18.6 Å². The van der Waals surface area contributed by atoms with E-state index in [0.717, 1.165) is 32.1 Å². The largest absolute Gasteiger partial charge is 0.481 e. The Bertz CT molecular complexity index is 233. The van der Waals surface area contributed by atoms with Crippen molar-refractivity contribution < 1.29 is 19.8 Å². The van der Waals surface area contributed by atoms with Gasteiger partial charge in [-0.3, -0.25) is 9.59 Å². The Morgan fingerprint density at radius 2 is 1.25 bits per heavy atom. The SMILES string of the molecule is O=C(O)CCCC=CCCCCCC(=O)O. The first-order valence-electron chi connectivity index (χ1n) is 5.71. The Balaban J connectivity index is 3.15. The fourth-order valence-corrected chi connectivity index (χ4v) is 1.32. The Morgan fingerprint density at radius 3 is 1.81 bits per heavy atom. The zero-order valence-corrected chi connectivity index (χ0v) is 9.52. The number of carboxylic acid groups (broad SMARTS) is 2. The standard InChI is InChI=1S/C12H20O4/c13-11(14)9-7-5-3-1-2-4-6-8-10-12(15)16/h1,3H,2,4-10H2,(H,13,14)(H,15,16). The van der Waals surface area contributed by atoms with Crippen LogP contribution in [0.1, 0.15) is 51.4 Å². The number of carboxylic acids is 2. The molecule has 0 radical (unpaired) electrons. The zero-order chi connectivity index (χ0) is 12.2. The monoisotopic (exact) mass is 228 g/mol. The zero-order valence-electron chi connectivity index (χ0n) is 9.52. The van der Waals surface area contributed by atoms with E-state index in [1.807, 2.05) is 12.2 Å². The van der Waals surface area contributed by atoms with Crippen LogP contribution in [0.5, 0.6) is 0 Å². The van der Waals surface area contributed by atoms with Crippen LogP contribution in [-0.2, 0) is 9.59 Å². The van der Waals surface area contributed by atoms with Crippen LogP contribution in [0.25, 0.3) is 0 Å². The summed E-state index contributed by atoms with van der Waals surface area (Å²) in [6.07, 6.45) is 9.64. The van der Waals surface area contributed by atoms with E-state index in [0.29, 0.717) is 6.42 Å². The maximum absolute atomic E-state index is 10.2. The fraction of sp³-hybridized carbons (Fsp3) is 0.667. The molecule has 0 saturated carbocycles. The number of rotatable bonds is 10. The van der Waals surface area contributed by atoms with Gasteiger partial charge < -0.3 is 10.2 Å². The smallest absolute Gasteiger partial charge is 0.303 e. The molecule has 0 amide bonds. The second-order valence-corrected chi connectivity index (χ2v) is 3.75. The van der Waals surface area contributed by atoms with Crippen LogP contribution in [0.4, 0.5) is 0 Å². The maximum atomic E-state index is 10.2. The lowest BCUT2D eigenvalue weighted by Crippen LogP contribution is -1.93. The summed E-state index contributed by atoms with van der Waals surface area (Å²) in [5.41, 5.74) is 0. The molecule has 4 nitrogen and oxygen atoms in total. The average Bonchev–Trinajstić information content (AvgIpc) is 2.20. The van der Waals surface area contributed by atoms with E-state index in [2.05, 4.69) is 0 Å². The Hall–Kier alpha value is -1.32. The molecule has 0 fully saturated rings. The van der Waals surface area contributed by atoms with Crippen LogP contribution in [-0.4, -0.2) is 22.2 Å². The van der Waals surface area contributed by atoms with Gasteiger partial charge in [0, 0.05) is 12.8 Å². The molecular formula is C12H20O4. The average molecular weight is 228 g/mol. The minimum Gasteiger partial charge on any atom is -0.481 e. The Morgan fingerprint density at radius 1 is 0.750 bits per heavy atom. The topological polar surface area (TPSA) is 74.6 Å². The number of allylic oxidation sites excluding steroid dienone is 2. The van der Waals surface area contributed by atoms with Gasteiger partial charge in [0.25, 0.3) is 0 Å².